The number of aromatic nitrogens is 2. The topological polar surface area (TPSA) is 112 Å². The minimum atomic E-state index is -0.899. The van der Waals surface area contributed by atoms with E-state index < -0.39 is 17.6 Å². The lowest BCUT2D eigenvalue weighted by molar-refractivity contribution is -0.175. The molecule has 3 heterocycles. The number of para-hydroxylation sites is 1. The number of nitrogens with two attached hydrogens (primary N) is 1. The summed E-state index contributed by atoms with van der Waals surface area (Å²) >= 11 is 0. The van der Waals surface area contributed by atoms with Gasteiger partial charge in [0.05, 0.1) is 0 Å². The van der Waals surface area contributed by atoms with Crippen molar-refractivity contribution in [1.82, 2.24) is 15.0 Å². The van der Waals surface area contributed by atoms with Crippen LogP contribution in [0.5, 0.6) is 5.75 Å². The van der Waals surface area contributed by atoms with Crippen molar-refractivity contribution in [2.75, 3.05) is 6.54 Å². The van der Waals surface area contributed by atoms with E-state index in [-0.39, 0.29) is 11.8 Å². The SMILES string of the molecule is C[C@@]12C[C@@H](c3ccccc3O1)[C@@H](C(N)=O)C(=O)N2CCCc1nc(Cc2ccccc2)no1. The van der Waals surface area contributed by atoms with Gasteiger partial charge in [0.2, 0.25) is 17.7 Å². The summed E-state index contributed by atoms with van der Waals surface area (Å²) in [7, 11) is 0. The normalized spacial score (nSPS) is 23.7. The quantitative estimate of drug-likeness (QED) is 0.559. The molecule has 1 aromatic heterocycles. The molecule has 1 saturated heterocycles. The van der Waals surface area contributed by atoms with Gasteiger partial charge in [0.1, 0.15) is 11.7 Å². The molecule has 2 amide bonds. The summed E-state index contributed by atoms with van der Waals surface area (Å²) in [6.45, 7) is 2.29. The number of carbonyl (C=O) groups excluding carboxylic acids is 2. The fraction of sp³-hybridized carbons (Fsp3) is 0.360. The van der Waals surface area contributed by atoms with E-state index in [2.05, 4.69) is 10.1 Å². The number of carbonyl (C=O) groups is 2. The molecule has 1 fully saturated rings. The Kier molecular flexibility index (Phi) is 5.36. The zero-order valence-corrected chi connectivity index (χ0v) is 18.4. The molecule has 8 heteroatoms. The van der Waals surface area contributed by atoms with Gasteiger partial charge in [0, 0.05) is 31.7 Å². The van der Waals surface area contributed by atoms with Crippen LogP contribution in [0.3, 0.4) is 0 Å². The molecular weight excluding hydrogens is 420 g/mol. The van der Waals surface area contributed by atoms with Crippen LogP contribution in [0.1, 0.15) is 48.5 Å². The van der Waals surface area contributed by atoms with Gasteiger partial charge in [-0.3, -0.25) is 9.59 Å². The monoisotopic (exact) mass is 446 g/mol. The summed E-state index contributed by atoms with van der Waals surface area (Å²) in [6, 6.07) is 17.5. The number of likely N-dealkylation sites (tertiary alicyclic amines) is 1. The van der Waals surface area contributed by atoms with Crippen LogP contribution >= 0.6 is 0 Å². The van der Waals surface area contributed by atoms with E-state index in [9.17, 15) is 9.59 Å². The third-order valence-electron chi connectivity index (χ3n) is 6.55. The van der Waals surface area contributed by atoms with Crippen molar-refractivity contribution < 1.29 is 18.8 Å². The first-order valence-electron chi connectivity index (χ1n) is 11.2. The maximum atomic E-state index is 13.3. The first-order valence-corrected chi connectivity index (χ1v) is 11.2. The number of rotatable bonds is 7. The average molecular weight is 447 g/mol. The second kappa shape index (κ2) is 8.35. The van der Waals surface area contributed by atoms with Crippen LogP contribution in [-0.2, 0) is 22.4 Å². The minimum Gasteiger partial charge on any atom is -0.468 e. The number of ether oxygens (including phenoxy) is 1. The molecule has 0 spiro atoms. The van der Waals surface area contributed by atoms with Crippen molar-refractivity contribution in [3.8, 4) is 5.75 Å². The van der Waals surface area contributed by atoms with Gasteiger partial charge >= 0.3 is 0 Å². The van der Waals surface area contributed by atoms with E-state index in [1.165, 1.54) is 0 Å². The van der Waals surface area contributed by atoms with E-state index in [0.717, 1.165) is 11.1 Å². The van der Waals surface area contributed by atoms with Gasteiger partial charge in [-0.15, -0.1) is 0 Å². The third-order valence-corrected chi connectivity index (χ3v) is 6.55. The summed E-state index contributed by atoms with van der Waals surface area (Å²) in [5.41, 5.74) is 6.82. The maximum absolute atomic E-state index is 13.3. The van der Waals surface area contributed by atoms with E-state index in [1.807, 2.05) is 61.5 Å². The zero-order valence-electron chi connectivity index (χ0n) is 18.4. The molecule has 33 heavy (non-hydrogen) atoms. The van der Waals surface area contributed by atoms with Crippen LogP contribution < -0.4 is 10.5 Å². The molecule has 170 valence electrons. The summed E-state index contributed by atoms with van der Waals surface area (Å²) in [4.78, 5) is 31.7. The molecule has 0 aliphatic carbocycles. The van der Waals surface area contributed by atoms with Crippen LogP contribution in [0.25, 0.3) is 0 Å². The molecule has 8 nitrogen and oxygen atoms in total. The highest BCUT2D eigenvalue weighted by Crippen LogP contribution is 2.50. The summed E-state index contributed by atoms with van der Waals surface area (Å²) in [5, 5.41) is 4.06. The highest BCUT2D eigenvalue weighted by atomic mass is 16.5. The van der Waals surface area contributed by atoms with Gasteiger partial charge in [-0.05, 0) is 30.5 Å². The highest BCUT2D eigenvalue weighted by Gasteiger charge is 2.55. The molecule has 2 N–H and O–H groups in total. The predicted molar refractivity (Wildman–Crippen MR) is 119 cm³/mol. The molecule has 2 aliphatic heterocycles. The molecule has 3 aromatic rings. The van der Waals surface area contributed by atoms with Crippen molar-refractivity contribution >= 4 is 11.8 Å². The lowest BCUT2D eigenvalue weighted by Crippen LogP contribution is -2.64. The van der Waals surface area contributed by atoms with Gasteiger partial charge in [-0.25, -0.2) is 0 Å². The number of primary amides is 1. The Hall–Kier alpha value is -3.68. The Labute approximate surface area is 191 Å². The lowest BCUT2D eigenvalue weighted by atomic mass is 9.73. The molecule has 2 aromatic carbocycles. The number of amides is 2. The Morgan fingerprint density at radius 1 is 1.18 bits per heavy atom. The highest BCUT2D eigenvalue weighted by molar-refractivity contribution is 6.01. The molecular formula is C25H26N4O4. The van der Waals surface area contributed by atoms with Crippen molar-refractivity contribution in [3.63, 3.8) is 0 Å². The Balaban J connectivity index is 1.29. The fourth-order valence-corrected chi connectivity index (χ4v) is 5.01. The van der Waals surface area contributed by atoms with Crippen LogP contribution in [0, 0.1) is 5.92 Å². The zero-order chi connectivity index (χ0) is 23.0. The van der Waals surface area contributed by atoms with Gasteiger partial charge in [0.25, 0.3) is 0 Å². The van der Waals surface area contributed by atoms with E-state index in [0.29, 0.717) is 49.7 Å². The first kappa shape index (κ1) is 21.2. The third kappa shape index (κ3) is 3.97. The lowest BCUT2D eigenvalue weighted by Gasteiger charge is -2.52. The largest absolute Gasteiger partial charge is 0.468 e. The Bertz CT molecular complexity index is 1180. The fourth-order valence-electron chi connectivity index (χ4n) is 5.01. The number of benzene rings is 2. The first-order chi connectivity index (χ1) is 15.9. The molecule has 0 unspecified atom stereocenters. The van der Waals surface area contributed by atoms with E-state index >= 15 is 0 Å². The molecule has 0 radical (unpaired) electrons. The van der Waals surface area contributed by atoms with Crippen LogP contribution in [0.4, 0.5) is 0 Å². The summed E-state index contributed by atoms with van der Waals surface area (Å²) in [6.07, 6.45) is 2.23. The Morgan fingerprint density at radius 3 is 2.73 bits per heavy atom. The minimum absolute atomic E-state index is 0.280. The number of hydrogen-bond acceptors (Lipinski definition) is 6. The number of piperidine rings is 1. The number of hydrogen-bond donors (Lipinski definition) is 1. The Morgan fingerprint density at radius 2 is 1.94 bits per heavy atom. The van der Waals surface area contributed by atoms with E-state index in [1.54, 1.807) is 4.90 Å². The van der Waals surface area contributed by atoms with Crippen molar-refractivity contribution in [2.45, 2.75) is 44.2 Å². The average Bonchev–Trinajstić information content (AvgIpc) is 3.23. The van der Waals surface area contributed by atoms with Gasteiger partial charge in [-0.2, -0.15) is 4.98 Å². The molecule has 2 bridgehead atoms. The van der Waals surface area contributed by atoms with Gasteiger partial charge in [0.15, 0.2) is 11.5 Å². The van der Waals surface area contributed by atoms with E-state index in [4.69, 9.17) is 15.0 Å². The smallest absolute Gasteiger partial charge is 0.238 e. The molecule has 0 saturated carbocycles. The summed E-state index contributed by atoms with van der Waals surface area (Å²) < 4.78 is 11.7. The number of fused-ring (bicyclic) bond motifs is 4. The standard InChI is InChI=1S/C25H26N4O4/c1-25-15-18(17-10-5-6-11-19(17)32-25)22(23(26)30)24(31)29(25)13-7-12-21-27-20(28-33-21)14-16-8-3-2-4-9-16/h2-6,8-11,18,22H,7,12-15H2,1H3,(H2,26,30)/t18-,22-,25-/m0/s1. The number of aryl methyl sites for hydroxylation is 1. The molecule has 3 atom stereocenters. The van der Waals surface area contributed by atoms with Gasteiger partial charge < -0.3 is 19.9 Å². The van der Waals surface area contributed by atoms with Crippen molar-refractivity contribution in [3.05, 3.63) is 77.4 Å². The second-order valence-electron chi connectivity index (χ2n) is 8.87. The summed E-state index contributed by atoms with van der Waals surface area (Å²) in [5.74, 6) is -0.220. The van der Waals surface area contributed by atoms with Crippen LogP contribution in [0.15, 0.2) is 59.1 Å². The van der Waals surface area contributed by atoms with Gasteiger partial charge in [-0.1, -0.05) is 53.7 Å². The predicted octanol–water partition coefficient (Wildman–Crippen LogP) is 2.82. The number of nitrogens with zero attached hydrogens (tertiary/aromatic N) is 3. The maximum Gasteiger partial charge on any atom is 0.238 e. The molecule has 2 aliphatic rings. The second-order valence-corrected chi connectivity index (χ2v) is 8.87. The van der Waals surface area contributed by atoms with Crippen molar-refractivity contribution in [2.24, 2.45) is 11.7 Å². The van der Waals surface area contributed by atoms with Crippen molar-refractivity contribution in [1.29, 1.82) is 0 Å². The van der Waals surface area contributed by atoms with Crippen LogP contribution in [-0.4, -0.2) is 39.1 Å². The molecule has 5 rings (SSSR count). The van der Waals surface area contributed by atoms with Crippen LogP contribution in [0.2, 0.25) is 0 Å².